The highest BCUT2D eigenvalue weighted by Gasteiger charge is 2.49. The largest absolute Gasteiger partial charge is 0.634 e. The van der Waals surface area contributed by atoms with Gasteiger partial charge in [-0.2, -0.15) is 52.7 Å². The fourth-order valence-corrected chi connectivity index (χ4v) is 4.63. The van der Waals surface area contributed by atoms with Crippen molar-refractivity contribution in [3.05, 3.63) is 105 Å². The standard InChI is InChI=1S/C25H14BF15O3/c1-21(44-26(42)43,20-17(28)8-16(27)9-18(20)29)19(10-2-12(22(30,31)32)6-13(3-10)23(33,34)35)11-4-14(24(36,37)38)7-15(5-11)25(39,40)41/h2-9,19,42-43H,1H3. The zero-order valence-electron chi connectivity index (χ0n) is 21.2. The van der Waals surface area contributed by atoms with Crippen LogP contribution >= 0.6 is 0 Å². The third-order valence-corrected chi connectivity index (χ3v) is 6.29. The van der Waals surface area contributed by atoms with Crippen LogP contribution in [0.1, 0.15) is 51.8 Å². The predicted molar refractivity (Wildman–Crippen MR) is 120 cm³/mol. The van der Waals surface area contributed by atoms with Crippen LogP contribution in [0, 0.1) is 17.5 Å². The van der Waals surface area contributed by atoms with Crippen LogP contribution in [-0.4, -0.2) is 17.4 Å². The molecule has 0 aliphatic heterocycles. The topological polar surface area (TPSA) is 49.7 Å². The SMILES string of the molecule is CC(OB(O)O)(c1c(F)cc(F)cc1F)C(c1cc(C(F)(F)F)cc(C(F)(F)F)c1)c1cc(C(F)(F)F)cc(C(F)(F)F)c1. The summed E-state index contributed by atoms with van der Waals surface area (Å²) in [7, 11) is -3.27. The molecule has 0 aliphatic rings. The fraction of sp³-hybridized carbons (Fsp3) is 0.280. The van der Waals surface area contributed by atoms with Crippen molar-refractivity contribution in [1.82, 2.24) is 0 Å². The molecule has 0 saturated carbocycles. The summed E-state index contributed by atoms with van der Waals surface area (Å²) >= 11 is 0. The lowest BCUT2D eigenvalue weighted by molar-refractivity contribution is -0.144. The second-order valence-electron chi connectivity index (χ2n) is 9.41. The molecule has 3 aromatic rings. The maximum absolute atomic E-state index is 15.1. The van der Waals surface area contributed by atoms with Crippen molar-refractivity contribution in [2.75, 3.05) is 0 Å². The Hall–Kier alpha value is -3.45. The molecule has 2 N–H and O–H groups in total. The Morgan fingerprint density at radius 2 is 0.841 bits per heavy atom. The minimum absolute atomic E-state index is 0.124. The molecule has 1 unspecified atom stereocenters. The van der Waals surface area contributed by atoms with Crippen LogP contribution in [0.25, 0.3) is 0 Å². The van der Waals surface area contributed by atoms with Crippen LogP contribution in [0.3, 0.4) is 0 Å². The minimum Gasteiger partial charge on any atom is -0.402 e. The normalized spacial score (nSPS) is 14.6. The second-order valence-corrected chi connectivity index (χ2v) is 9.41. The Morgan fingerprint density at radius 1 is 0.545 bits per heavy atom. The lowest BCUT2D eigenvalue weighted by atomic mass is 9.72. The summed E-state index contributed by atoms with van der Waals surface area (Å²) in [5.74, 6) is -8.77. The van der Waals surface area contributed by atoms with Gasteiger partial charge in [0.25, 0.3) is 0 Å². The van der Waals surface area contributed by atoms with Crippen molar-refractivity contribution in [3.63, 3.8) is 0 Å². The summed E-state index contributed by atoms with van der Waals surface area (Å²) in [6.07, 6.45) is -22.6. The molecule has 0 spiro atoms. The molecule has 1 atom stereocenters. The van der Waals surface area contributed by atoms with E-state index in [2.05, 4.69) is 4.65 Å². The van der Waals surface area contributed by atoms with Crippen LogP contribution < -0.4 is 0 Å². The fourth-order valence-electron chi connectivity index (χ4n) is 4.63. The van der Waals surface area contributed by atoms with Crippen molar-refractivity contribution in [2.45, 2.75) is 43.1 Å². The van der Waals surface area contributed by atoms with Crippen molar-refractivity contribution in [3.8, 4) is 0 Å². The van der Waals surface area contributed by atoms with Gasteiger partial charge in [0.05, 0.1) is 33.4 Å². The Kier molecular flexibility index (Phi) is 9.14. The summed E-state index contributed by atoms with van der Waals surface area (Å²) in [4.78, 5) is 0. The minimum atomic E-state index is -5.65. The molecule has 0 radical (unpaired) electrons. The van der Waals surface area contributed by atoms with Crippen molar-refractivity contribution < 1.29 is 80.6 Å². The van der Waals surface area contributed by atoms with E-state index in [0.29, 0.717) is 6.92 Å². The van der Waals surface area contributed by atoms with Gasteiger partial charge in [0.2, 0.25) is 0 Å². The molecule has 0 fully saturated rings. The lowest BCUT2D eigenvalue weighted by Gasteiger charge is -2.40. The van der Waals surface area contributed by atoms with Gasteiger partial charge in [0, 0.05) is 18.1 Å². The van der Waals surface area contributed by atoms with Gasteiger partial charge in [0.1, 0.15) is 17.5 Å². The van der Waals surface area contributed by atoms with Gasteiger partial charge in [0.15, 0.2) is 0 Å². The van der Waals surface area contributed by atoms with Gasteiger partial charge in [-0.15, -0.1) is 0 Å². The van der Waals surface area contributed by atoms with E-state index < -0.39 is 112 Å². The zero-order valence-corrected chi connectivity index (χ0v) is 21.2. The summed E-state index contributed by atoms with van der Waals surface area (Å²) in [6, 6.07) is -1.91. The third kappa shape index (κ3) is 7.43. The lowest BCUT2D eigenvalue weighted by Crippen LogP contribution is -2.42. The van der Waals surface area contributed by atoms with Crippen LogP contribution in [0.5, 0.6) is 0 Å². The third-order valence-electron chi connectivity index (χ3n) is 6.29. The molecular formula is C25H14BF15O3. The number of alkyl halides is 12. The summed E-state index contributed by atoms with van der Waals surface area (Å²) in [5, 5.41) is 19.1. The molecule has 44 heavy (non-hydrogen) atoms. The van der Waals surface area contributed by atoms with E-state index >= 15 is 8.78 Å². The van der Waals surface area contributed by atoms with Crippen molar-refractivity contribution in [2.24, 2.45) is 0 Å². The highest BCUT2D eigenvalue weighted by Crippen LogP contribution is 2.50. The molecular weight excluding hydrogens is 644 g/mol. The van der Waals surface area contributed by atoms with E-state index in [1.165, 1.54) is 0 Å². The zero-order chi connectivity index (χ0) is 33.8. The monoisotopic (exact) mass is 658 g/mol. The summed E-state index contributed by atoms with van der Waals surface area (Å²) in [6.45, 7) is 0.317. The Bertz CT molecular complexity index is 1360. The quantitative estimate of drug-likeness (QED) is 0.208. The maximum Gasteiger partial charge on any atom is 0.634 e. The average molecular weight is 658 g/mol. The van der Waals surface area contributed by atoms with Gasteiger partial charge in [-0.1, -0.05) is 0 Å². The molecule has 3 aromatic carbocycles. The maximum atomic E-state index is 15.1. The number of benzene rings is 3. The number of hydrogen-bond acceptors (Lipinski definition) is 3. The van der Waals surface area contributed by atoms with Crippen molar-refractivity contribution >= 4 is 7.32 Å². The average Bonchev–Trinajstić information content (AvgIpc) is 2.80. The Labute approximate surface area is 236 Å². The van der Waals surface area contributed by atoms with Crippen LogP contribution in [0.2, 0.25) is 0 Å². The first-order chi connectivity index (χ1) is 19.7. The first-order valence-electron chi connectivity index (χ1n) is 11.5. The molecule has 240 valence electrons. The number of rotatable bonds is 6. The van der Waals surface area contributed by atoms with E-state index in [4.69, 9.17) is 0 Å². The number of halogens is 15. The molecule has 3 rings (SSSR count). The van der Waals surface area contributed by atoms with Crippen LogP contribution in [0.4, 0.5) is 65.9 Å². The first-order valence-corrected chi connectivity index (χ1v) is 11.5. The molecule has 19 heteroatoms. The highest BCUT2D eigenvalue weighted by molar-refractivity contribution is 6.32. The van der Waals surface area contributed by atoms with Gasteiger partial charge in [-0.05, 0) is 54.4 Å². The molecule has 0 heterocycles. The molecule has 0 amide bonds. The molecule has 3 nitrogen and oxygen atoms in total. The Balaban J connectivity index is 2.65. The summed E-state index contributed by atoms with van der Waals surface area (Å²) in [5.41, 5.74) is -16.9. The first kappa shape index (κ1) is 35.0. The van der Waals surface area contributed by atoms with Gasteiger partial charge in [-0.25, -0.2) is 13.2 Å². The van der Waals surface area contributed by atoms with Gasteiger partial charge < -0.3 is 14.7 Å². The van der Waals surface area contributed by atoms with Crippen LogP contribution in [-0.2, 0) is 35.0 Å². The van der Waals surface area contributed by atoms with E-state index in [0.717, 1.165) is 0 Å². The highest BCUT2D eigenvalue weighted by atomic mass is 19.4. The summed E-state index contributed by atoms with van der Waals surface area (Å²) < 4.78 is 213. The molecule has 0 aliphatic carbocycles. The van der Waals surface area contributed by atoms with E-state index in [1.54, 1.807) is 0 Å². The van der Waals surface area contributed by atoms with Crippen LogP contribution in [0.15, 0.2) is 48.5 Å². The number of hydrogen-bond donors (Lipinski definition) is 2. The van der Waals surface area contributed by atoms with E-state index in [9.17, 15) is 67.1 Å². The van der Waals surface area contributed by atoms with Crippen molar-refractivity contribution in [1.29, 1.82) is 0 Å². The molecule has 0 aromatic heterocycles. The van der Waals surface area contributed by atoms with E-state index in [1.807, 2.05) is 0 Å². The van der Waals surface area contributed by atoms with E-state index in [-0.39, 0.29) is 36.4 Å². The second kappa shape index (κ2) is 11.5. The smallest absolute Gasteiger partial charge is 0.402 e. The molecule has 0 saturated heterocycles. The van der Waals surface area contributed by atoms with Gasteiger partial charge in [-0.3, -0.25) is 0 Å². The molecule has 0 bridgehead atoms. The van der Waals surface area contributed by atoms with Gasteiger partial charge >= 0.3 is 32.0 Å². The Morgan fingerprint density at radius 3 is 1.09 bits per heavy atom. The predicted octanol–water partition coefficient (Wildman–Crippen LogP) is 8.21.